The van der Waals surface area contributed by atoms with Crippen LogP contribution in [0.15, 0.2) is 24.3 Å². The Kier molecular flexibility index (Phi) is 5.87. The average Bonchev–Trinajstić information content (AvgIpc) is 2.48. The molecule has 1 aromatic rings. The van der Waals surface area contributed by atoms with Gasteiger partial charge in [-0.15, -0.1) is 0 Å². The highest BCUT2D eigenvalue weighted by Crippen LogP contribution is 2.36. The van der Waals surface area contributed by atoms with E-state index in [2.05, 4.69) is 57.3 Å². The summed E-state index contributed by atoms with van der Waals surface area (Å²) in [5.74, 6) is 1.57. The Balaban J connectivity index is 2.15. The van der Waals surface area contributed by atoms with Crippen molar-refractivity contribution in [1.29, 1.82) is 0 Å². The van der Waals surface area contributed by atoms with Crippen LogP contribution in [0.3, 0.4) is 0 Å². The Hall–Kier alpha value is -0.820. The van der Waals surface area contributed by atoms with Gasteiger partial charge in [0.25, 0.3) is 0 Å². The number of benzene rings is 1. The van der Waals surface area contributed by atoms with Gasteiger partial charge < -0.3 is 5.32 Å². The van der Waals surface area contributed by atoms with E-state index in [1.54, 1.807) is 0 Å². The zero-order valence-corrected chi connectivity index (χ0v) is 14.4. The fraction of sp³-hybridized carbons (Fsp3) is 0.700. The molecule has 1 aromatic carbocycles. The van der Waals surface area contributed by atoms with E-state index in [4.69, 9.17) is 0 Å². The van der Waals surface area contributed by atoms with Crippen molar-refractivity contribution in [2.45, 2.75) is 71.1 Å². The second-order valence-electron chi connectivity index (χ2n) is 7.68. The van der Waals surface area contributed by atoms with Crippen LogP contribution in [0.2, 0.25) is 0 Å². The first-order chi connectivity index (χ1) is 10.0. The molecule has 21 heavy (non-hydrogen) atoms. The number of nitrogens with one attached hydrogen (secondary N) is 1. The van der Waals surface area contributed by atoms with Gasteiger partial charge in [0.05, 0.1) is 0 Å². The summed E-state index contributed by atoms with van der Waals surface area (Å²) in [6, 6.07) is 9.46. The molecule has 1 atom stereocenters. The summed E-state index contributed by atoms with van der Waals surface area (Å²) in [5, 5.41) is 3.59. The van der Waals surface area contributed by atoms with Crippen molar-refractivity contribution in [3.05, 3.63) is 35.4 Å². The topological polar surface area (TPSA) is 12.0 Å². The molecule has 0 bridgehead atoms. The molecule has 0 saturated heterocycles. The Morgan fingerprint density at radius 1 is 1.05 bits per heavy atom. The third-order valence-electron chi connectivity index (χ3n) is 5.04. The molecule has 1 saturated carbocycles. The number of likely N-dealkylation sites (N-methyl/N-ethyl adjacent to an activating group) is 1. The lowest BCUT2D eigenvalue weighted by Gasteiger charge is -2.31. The molecular weight excluding hydrogens is 254 g/mol. The quantitative estimate of drug-likeness (QED) is 0.779. The van der Waals surface area contributed by atoms with Crippen LogP contribution in [0.25, 0.3) is 0 Å². The number of hydrogen-bond donors (Lipinski definition) is 1. The highest BCUT2D eigenvalue weighted by Gasteiger charge is 2.25. The van der Waals surface area contributed by atoms with Crippen molar-refractivity contribution < 1.29 is 0 Å². The van der Waals surface area contributed by atoms with Crippen LogP contribution in [0, 0.1) is 5.92 Å². The van der Waals surface area contributed by atoms with Gasteiger partial charge in [-0.05, 0) is 47.8 Å². The van der Waals surface area contributed by atoms with E-state index in [1.165, 1.54) is 43.2 Å². The van der Waals surface area contributed by atoms with Gasteiger partial charge in [0.2, 0.25) is 0 Å². The first-order valence-electron chi connectivity index (χ1n) is 8.83. The minimum Gasteiger partial charge on any atom is -0.316 e. The minimum atomic E-state index is 0.251. The molecule has 2 rings (SSSR count). The van der Waals surface area contributed by atoms with Crippen LogP contribution >= 0.6 is 0 Å². The predicted molar refractivity (Wildman–Crippen MR) is 93.0 cm³/mol. The van der Waals surface area contributed by atoms with Gasteiger partial charge in [0, 0.05) is 6.54 Å². The second kappa shape index (κ2) is 7.45. The monoisotopic (exact) mass is 287 g/mol. The van der Waals surface area contributed by atoms with E-state index in [-0.39, 0.29) is 5.41 Å². The molecule has 0 radical (unpaired) electrons. The predicted octanol–water partition coefficient (Wildman–Crippen LogP) is 5.26. The van der Waals surface area contributed by atoms with Crippen LogP contribution in [-0.2, 0) is 5.41 Å². The highest BCUT2D eigenvalue weighted by molar-refractivity contribution is 5.30. The van der Waals surface area contributed by atoms with Crippen LogP contribution in [-0.4, -0.2) is 13.1 Å². The molecule has 1 nitrogen and oxygen atoms in total. The number of rotatable bonds is 5. The summed E-state index contributed by atoms with van der Waals surface area (Å²) in [5.41, 5.74) is 3.23. The van der Waals surface area contributed by atoms with Crippen LogP contribution < -0.4 is 5.32 Å². The zero-order chi connectivity index (χ0) is 15.3. The molecule has 1 fully saturated rings. The van der Waals surface area contributed by atoms with E-state index >= 15 is 0 Å². The van der Waals surface area contributed by atoms with Crippen molar-refractivity contribution in [2.75, 3.05) is 13.1 Å². The molecule has 1 heteroatoms. The summed E-state index contributed by atoms with van der Waals surface area (Å²) in [7, 11) is 0. The van der Waals surface area contributed by atoms with E-state index in [0.29, 0.717) is 5.92 Å². The molecule has 0 spiro atoms. The second-order valence-corrected chi connectivity index (χ2v) is 7.68. The molecule has 118 valence electrons. The van der Waals surface area contributed by atoms with Gasteiger partial charge in [-0.25, -0.2) is 0 Å². The smallest absolute Gasteiger partial charge is 0.00227 e. The molecule has 0 aliphatic heterocycles. The summed E-state index contributed by atoms with van der Waals surface area (Å²) in [4.78, 5) is 0. The SMILES string of the molecule is CCNCC(c1ccc(C(C)(C)C)cc1)C1CCCCC1. The van der Waals surface area contributed by atoms with E-state index in [1.807, 2.05) is 0 Å². The first-order valence-corrected chi connectivity index (χ1v) is 8.83. The van der Waals surface area contributed by atoms with Gasteiger partial charge >= 0.3 is 0 Å². The lowest BCUT2D eigenvalue weighted by molar-refractivity contribution is 0.298. The van der Waals surface area contributed by atoms with Crippen molar-refractivity contribution in [1.82, 2.24) is 5.32 Å². The zero-order valence-electron chi connectivity index (χ0n) is 14.4. The standard InChI is InChI=1S/C20H33N/c1-5-21-15-19(16-9-7-6-8-10-16)17-11-13-18(14-12-17)20(2,3)4/h11-14,16,19,21H,5-10,15H2,1-4H3. The Morgan fingerprint density at radius 2 is 1.67 bits per heavy atom. The largest absolute Gasteiger partial charge is 0.316 e. The van der Waals surface area contributed by atoms with Crippen molar-refractivity contribution in [3.63, 3.8) is 0 Å². The summed E-state index contributed by atoms with van der Waals surface area (Å²) in [6.45, 7) is 11.3. The Labute approximate surface area is 131 Å². The number of hydrogen-bond acceptors (Lipinski definition) is 1. The van der Waals surface area contributed by atoms with Gasteiger partial charge in [0.1, 0.15) is 0 Å². The van der Waals surface area contributed by atoms with E-state index in [9.17, 15) is 0 Å². The average molecular weight is 287 g/mol. The Bertz CT molecular complexity index is 406. The van der Waals surface area contributed by atoms with Gasteiger partial charge in [-0.3, -0.25) is 0 Å². The lowest BCUT2D eigenvalue weighted by atomic mass is 9.76. The highest BCUT2D eigenvalue weighted by atomic mass is 14.8. The first kappa shape index (κ1) is 16.5. The van der Waals surface area contributed by atoms with Gasteiger partial charge in [0.15, 0.2) is 0 Å². The minimum absolute atomic E-state index is 0.251. The molecule has 0 amide bonds. The van der Waals surface area contributed by atoms with Crippen molar-refractivity contribution in [3.8, 4) is 0 Å². The van der Waals surface area contributed by atoms with Crippen LogP contribution in [0.1, 0.15) is 76.8 Å². The molecule has 1 aliphatic carbocycles. The Morgan fingerprint density at radius 3 is 2.19 bits per heavy atom. The molecule has 0 aromatic heterocycles. The maximum Gasteiger partial charge on any atom is 0.00227 e. The molecule has 1 unspecified atom stereocenters. The van der Waals surface area contributed by atoms with Gasteiger partial charge in [-0.1, -0.05) is 71.2 Å². The molecule has 1 N–H and O–H groups in total. The third kappa shape index (κ3) is 4.57. The summed E-state index contributed by atoms with van der Waals surface area (Å²) >= 11 is 0. The fourth-order valence-corrected chi connectivity index (χ4v) is 3.62. The maximum atomic E-state index is 3.59. The van der Waals surface area contributed by atoms with Gasteiger partial charge in [-0.2, -0.15) is 0 Å². The third-order valence-corrected chi connectivity index (χ3v) is 5.04. The maximum absolute atomic E-state index is 3.59. The normalized spacial score (nSPS) is 18.7. The van der Waals surface area contributed by atoms with Crippen molar-refractivity contribution in [2.24, 2.45) is 5.92 Å². The molecule has 0 heterocycles. The summed E-state index contributed by atoms with van der Waals surface area (Å²) < 4.78 is 0. The van der Waals surface area contributed by atoms with Crippen LogP contribution in [0.4, 0.5) is 0 Å². The van der Waals surface area contributed by atoms with E-state index < -0.39 is 0 Å². The van der Waals surface area contributed by atoms with E-state index in [0.717, 1.165) is 19.0 Å². The lowest BCUT2D eigenvalue weighted by Crippen LogP contribution is -2.28. The molecular formula is C20H33N. The summed E-state index contributed by atoms with van der Waals surface area (Å²) in [6.07, 6.45) is 7.11. The molecule has 1 aliphatic rings. The van der Waals surface area contributed by atoms with Crippen molar-refractivity contribution >= 4 is 0 Å². The fourth-order valence-electron chi connectivity index (χ4n) is 3.62. The van der Waals surface area contributed by atoms with Crippen LogP contribution in [0.5, 0.6) is 0 Å².